The number of ether oxygens (including phenoxy) is 2. The molecule has 0 atom stereocenters. The molecule has 23 heavy (non-hydrogen) atoms. The van der Waals surface area contributed by atoms with Crippen LogP contribution in [0.25, 0.3) is 11.1 Å². The second-order valence-corrected chi connectivity index (χ2v) is 6.70. The van der Waals surface area contributed by atoms with Crippen molar-refractivity contribution in [1.82, 2.24) is 0 Å². The number of rotatable bonds is 4. The number of halogens is 1. The van der Waals surface area contributed by atoms with E-state index < -0.39 is 18.0 Å². The summed E-state index contributed by atoms with van der Waals surface area (Å²) >= 11 is 0. The number of allylic oxidation sites excluding steroid dienone is 2. The molecule has 0 unspecified atom stereocenters. The van der Waals surface area contributed by atoms with Gasteiger partial charge in [-0.05, 0) is 50.0 Å². The highest BCUT2D eigenvalue weighted by molar-refractivity contribution is 5.81. The predicted octanol–water partition coefficient (Wildman–Crippen LogP) is 4.60. The molecular weight excluding hydrogens is 295 g/mol. The molecule has 0 aliphatic carbocycles. The van der Waals surface area contributed by atoms with Gasteiger partial charge in [-0.15, -0.1) is 0 Å². The molecule has 1 N–H and O–H groups in total. The summed E-state index contributed by atoms with van der Waals surface area (Å²) in [5, 5.41) is 9.07. The lowest BCUT2D eigenvalue weighted by Gasteiger charge is -2.33. The zero-order valence-corrected chi connectivity index (χ0v) is 14.7. The molecule has 0 aromatic heterocycles. The fourth-order valence-corrected chi connectivity index (χ4v) is 2.84. The Hall–Kier alpha value is -1.81. The highest BCUT2D eigenvalue weighted by atomic mass is 19.1. The average Bonchev–Trinajstić information content (AvgIpc) is 2.50. The summed E-state index contributed by atoms with van der Waals surface area (Å²) in [5.41, 5.74) is 2.71. The molecule has 1 heterocycles. The van der Waals surface area contributed by atoms with E-state index in [1.165, 1.54) is 0 Å². The van der Waals surface area contributed by atoms with Crippen LogP contribution in [0.15, 0.2) is 24.0 Å². The Kier molecular flexibility index (Phi) is 4.85. The summed E-state index contributed by atoms with van der Waals surface area (Å²) in [4.78, 5) is 0. The van der Waals surface area contributed by atoms with E-state index in [1.54, 1.807) is 20.1 Å². The summed E-state index contributed by atoms with van der Waals surface area (Å²) in [7, 11) is 1.54. The van der Waals surface area contributed by atoms with Gasteiger partial charge in [-0.2, -0.15) is 0 Å². The van der Waals surface area contributed by atoms with Gasteiger partial charge in [0.15, 0.2) is 0 Å². The van der Waals surface area contributed by atoms with Crippen LogP contribution >= 0.6 is 0 Å². The standard InChI is InChI=1S/C19H25FO3/c1-11(2)15-9-19(4,5)23-18-8-17(22-6)13(7-14(15)18)12(3)16(20)10-21/h7-9,11,21H,10H2,1-6H3/b16-12+. The lowest BCUT2D eigenvalue weighted by molar-refractivity contribution is 0.156. The van der Waals surface area contributed by atoms with E-state index in [-0.39, 0.29) is 0 Å². The summed E-state index contributed by atoms with van der Waals surface area (Å²) in [6.45, 7) is 9.28. The highest BCUT2D eigenvalue weighted by Gasteiger charge is 2.29. The van der Waals surface area contributed by atoms with Crippen LogP contribution in [-0.4, -0.2) is 24.4 Å². The number of methoxy groups -OCH3 is 1. The number of aliphatic hydroxyl groups is 1. The van der Waals surface area contributed by atoms with E-state index in [2.05, 4.69) is 19.9 Å². The minimum absolute atomic E-state index is 0.310. The molecule has 0 saturated carbocycles. The number of hydrogen-bond acceptors (Lipinski definition) is 3. The van der Waals surface area contributed by atoms with Crippen molar-refractivity contribution in [1.29, 1.82) is 0 Å². The molecule has 1 aromatic carbocycles. The Balaban J connectivity index is 2.71. The summed E-state index contributed by atoms with van der Waals surface area (Å²) in [6, 6.07) is 3.69. The SMILES string of the molecule is COc1cc2c(cc1/C(C)=C(/F)CO)C(C(C)C)=CC(C)(C)O2. The van der Waals surface area contributed by atoms with E-state index in [4.69, 9.17) is 14.6 Å². The second-order valence-electron chi connectivity index (χ2n) is 6.70. The summed E-state index contributed by atoms with van der Waals surface area (Å²) in [5.74, 6) is 1.02. The molecule has 0 spiro atoms. The average molecular weight is 320 g/mol. The van der Waals surface area contributed by atoms with Gasteiger partial charge in [-0.25, -0.2) is 4.39 Å². The maximum absolute atomic E-state index is 13.9. The number of benzene rings is 1. The van der Waals surface area contributed by atoms with Crippen LogP contribution in [-0.2, 0) is 0 Å². The lowest BCUT2D eigenvalue weighted by atomic mass is 9.86. The van der Waals surface area contributed by atoms with Gasteiger partial charge < -0.3 is 14.6 Å². The first-order valence-corrected chi connectivity index (χ1v) is 7.80. The van der Waals surface area contributed by atoms with Gasteiger partial charge in [-0.3, -0.25) is 0 Å². The first-order chi connectivity index (χ1) is 10.7. The zero-order chi connectivity index (χ0) is 17.4. The first kappa shape index (κ1) is 17.5. The quantitative estimate of drug-likeness (QED) is 0.881. The summed E-state index contributed by atoms with van der Waals surface area (Å²) in [6.07, 6.45) is 2.11. The molecule has 1 aromatic rings. The third kappa shape index (κ3) is 3.42. The normalized spacial score (nSPS) is 17.2. The smallest absolute Gasteiger partial charge is 0.131 e. The molecule has 0 bridgehead atoms. The van der Waals surface area contributed by atoms with Crippen molar-refractivity contribution in [2.75, 3.05) is 13.7 Å². The first-order valence-electron chi connectivity index (χ1n) is 7.80. The lowest BCUT2D eigenvalue weighted by Crippen LogP contribution is -2.29. The molecule has 0 fully saturated rings. The van der Waals surface area contributed by atoms with E-state index >= 15 is 0 Å². The van der Waals surface area contributed by atoms with E-state index in [1.807, 2.05) is 19.9 Å². The van der Waals surface area contributed by atoms with Gasteiger partial charge >= 0.3 is 0 Å². The maximum atomic E-state index is 13.9. The number of fused-ring (bicyclic) bond motifs is 1. The van der Waals surface area contributed by atoms with E-state index in [0.717, 1.165) is 16.9 Å². The van der Waals surface area contributed by atoms with Gasteiger partial charge in [0.05, 0.1) is 13.7 Å². The minimum Gasteiger partial charge on any atom is -0.496 e. The molecule has 2 rings (SSSR count). The van der Waals surface area contributed by atoms with Crippen LogP contribution in [0.4, 0.5) is 4.39 Å². The van der Waals surface area contributed by atoms with Crippen LogP contribution in [0.2, 0.25) is 0 Å². The van der Waals surface area contributed by atoms with Crippen LogP contribution in [0.1, 0.15) is 45.7 Å². The Bertz CT molecular complexity index is 669. The predicted molar refractivity (Wildman–Crippen MR) is 91.3 cm³/mol. The second kappa shape index (κ2) is 6.36. The van der Waals surface area contributed by atoms with Gasteiger partial charge in [0, 0.05) is 17.2 Å². The van der Waals surface area contributed by atoms with Crippen LogP contribution in [0.3, 0.4) is 0 Å². The zero-order valence-electron chi connectivity index (χ0n) is 14.7. The fourth-order valence-electron chi connectivity index (χ4n) is 2.84. The molecule has 3 nitrogen and oxygen atoms in total. The van der Waals surface area contributed by atoms with Crippen molar-refractivity contribution in [3.05, 3.63) is 35.2 Å². The van der Waals surface area contributed by atoms with Crippen LogP contribution < -0.4 is 9.47 Å². The van der Waals surface area contributed by atoms with Crippen molar-refractivity contribution in [3.63, 3.8) is 0 Å². The molecule has 0 radical (unpaired) electrons. The van der Waals surface area contributed by atoms with Crippen molar-refractivity contribution in [2.24, 2.45) is 5.92 Å². The van der Waals surface area contributed by atoms with Gasteiger partial charge in [-0.1, -0.05) is 13.8 Å². The van der Waals surface area contributed by atoms with E-state index in [0.29, 0.717) is 22.8 Å². The van der Waals surface area contributed by atoms with Crippen molar-refractivity contribution < 1.29 is 19.0 Å². The minimum atomic E-state index is -0.623. The molecule has 0 amide bonds. The van der Waals surface area contributed by atoms with E-state index in [9.17, 15) is 4.39 Å². The summed E-state index contributed by atoms with van der Waals surface area (Å²) < 4.78 is 25.3. The van der Waals surface area contributed by atoms with Gasteiger partial charge in [0.1, 0.15) is 22.9 Å². The van der Waals surface area contributed by atoms with Gasteiger partial charge in [0.2, 0.25) is 0 Å². The van der Waals surface area contributed by atoms with Crippen LogP contribution in [0, 0.1) is 5.92 Å². The van der Waals surface area contributed by atoms with Crippen molar-refractivity contribution in [2.45, 2.75) is 40.2 Å². The Morgan fingerprint density at radius 3 is 2.52 bits per heavy atom. The molecule has 4 heteroatoms. The highest BCUT2D eigenvalue weighted by Crippen LogP contribution is 2.44. The molecular formula is C19H25FO3. The Morgan fingerprint density at radius 1 is 1.35 bits per heavy atom. The number of aliphatic hydroxyl groups excluding tert-OH is 1. The Labute approximate surface area is 137 Å². The van der Waals surface area contributed by atoms with Gasteiger partial charge in [0.25, 0.3) is 0 Å². The molecule has 126 valence electrons. The number of hydrogen-bond donors (Lipinski definition) is 1. The van der Waals surface area contributed by atoms with Crippen LogP contribution in [0.5, 0.6) is 11.5 Å². The maximum Gasteiger partial charge on any atom is 0.131 e. The third-order valence-corrected chi connectivity index (χ3v) is 4.06. The molecule has 1 aliphatic rings. The van der Waals surface area contributed by atoms with Crippen molar-refractivity contribution in [3.8, 4) is 11.5 Å². The third-order valence-electron chi connectivity index (χ3n) is 4.06. The Morgan fingerprint density at radius 2 is 2.00 bits per heavy atom. The largest absolute Gasteiger partial charge is 0.496 e. The fraction of sp³-hybridized carbons (Fsp3) is 0.474. The molecule has 0 saturated heterocycles. The monoisotopic (exact) mass is 320 g/mol. The van der Waals surface area contributed by atoms with Crippen molar-refractivity contribution >= 4 is 11.1 Å². The molecule has 1 aliphatic heterocycles. The topological polar surface area (TPSA) is 38.7 Å².